The highest BCUT2D eigenvalue weighted by atomic mass is 16.2. The summed E-state index contributed by atoms with van der Waals surface area (Å²) in [4.78, 5) is 14.0. The second-order valence-corrected chi connectivity index (χ2v) is 5.51. The second-order valence-electron chi connectivity index (χ2n) is 5.51. The van der Waals surface area contributed by atoms with E-state index in [-0.39, 0.29) is 11.6 Å². The molecule has 0 atom stereocenters. The van der Waals surface area contributed by atoms with Gasteiger partial charge in [-0.15, -0.1) is 0 Å². The smallest absolute Gasteiger partial charge is 0.317 e. The van der Waals surface area contributed by atoms with Crippen molar-refractivity contribution in [1.82, 2.24) is 10.2 Å². The largest absolute Gasteiger partial charge is 0.328 e. The normalized spacial score (nSPS) is 16.5. The van der Waals surface area contributed by atoms with E-state index in [0.29, 0.717) is 0 Å². The van der Waals surface area contributed by atoms with Crippen molar-refractivity contribution in [3.8, 4) is 0 Å². The Morgan fingerprint density at radius 1 is 1.32 bits per heavy atom. The van der Waals surface area contributed by atoms with Crippen LogP contribution in [0.5, 0.6) is 0 Å². The van der Waals surface area contributed by atoms with E-state index < -0.39 is 0 Å². The topological polar surface area (TPSA) is 32.3 Å². The number of carbonyl (C=O) groups is 1. The molecule has 1 N–H and O–H groups in total. The van der Waals surface area contributed by atoms with Gasteiger partial charge in [0.2, 0.25) is 0 Å². The van der Waals surface area contributed by atoms with E-state index in [4.69, 9.17) is 0 Å². The summed E-state index contributed by atoms with van der Waals surface area (Å²) in [7, 11) is 1.88. The molecular weight excluding hydrogens is 236 g/mol. The highest BCUT2D eigenvalue weighted by Crippen LogP contribution is 2.41. The molecule has 0 saturated heterocycles. The summed E-state index contributed by atoms with van der Waals surface area (Å²) in [5.41, 5.74) is 1.11. The molecule has 0 bridgehead atoms. The van der Waals surface area contributed by atoms with Gasteiger partial charge in [0.15, 0.2) is 0 Å². The Balaban J connectivity index is 2.01. The minimum atomic E-state index is -0.126. The second kappa shape index (κ2) is 6.09. The fraction of sp³-hybridized carbons (Fsp3) is 0.562. The monoisotopic (exact) mass is 260 g/mol. The van der Waals surface area contributed by atoms with E-state index in [1.165, 1.54) is 12.0 Å². The average Bonchev–Trinajstić information content (AvgIpc) is 2.40. The number of nitrogens with zero attached hydrogens (tertiary/aromatic N) is 1. The lowest BCUT2D eigenvalue weighted by Gasteiger charge is -2.43. The first-order valence-corrected chi connectivity index (χ1v) is 7.27. The molecule has 104 valence electrons. The van der Waals surface area contributed by atoms with Crippen molar-refractivity contribution in [3.05, 3.63) is 35.9 Å². The van der Waals surface area contributed by atoms with Gasteiger partial charge in [0.05, 0.1) is 5.54 Å². The predicted octanol–water partition coefficient (Wildman–Crippen LogP) is 3.51. The first-order chi connectivity index (χ1) is 9.18. The molecule has 2 amide bonds. The SMILES string of the molecule is CCCCN(C)C(=O)NC1(c2ccccc2)CCC1. The molecule has 2 rings (SSSR count). The molecular formula is C16H24N2O. The van der Waals surface area contributed by atoms with E-state index in [1.54, 1.807) is 4.90 Å². The molecule has 1 aliphatic rings. The third-order valence-corrected chi connectivity index (χ3v) is 4.07. The van der Waals surface area contributed by atoms with Crippen molar-refractivity contribution in [2.45, 2.75) is 44.6 Å². The fourth-order valence-corrected chi connectivity index (χ4v) is 2.57. The van der Waals surface area contributed by atoms with Crippen LogP contribution in [0.15, 0.2) is 30.3 Å². The summed E-state index contributed by atoms with van der Waals surface area (Å²) in [6.45, 7) is 2.97. The molecule has 3 heteroatoms. The molecule has 1 aliphatic carbocycles. The third kappa shape index (κ3) is 3.09. The van der Waals surface area contributed by atoms with Crippen LogP contribution >= 0.6 is 0 Å². The van der Waals surface area contributed by atoms with Crippen molar-refractivity contribution in [1.29, 1.82) is 0 Å². The van der Waals surface area contributed by atoms with Crippen LogP contribution in [-0.4, -0.2) is 24.5 Å². The fourth-order valence-electron chi connectivity index (χ4n) is 2.57. The summed E-state index contributed by atoms with van der Waals surface area (Å²) < 4.78 is 0. The quantitative estimate of drug-likeness (QED) is 0.863. The van der Waals surface area contributed by atoms with Crippen LogP contribution in [0, 0.1) is 0 Å². The van der Waals surface area contributed by atoms with Crippen LogP contribution in [0.1, 0.15) is 44.6 Å². The number of hydrogen-bond donors (Lipinski definition) is 1. The minimum Gasteiger partial charge on any atom is -0.328 e. The van der Waals surface area contributed by atoms with Gasteiger partial charge < -0.3 is 10.2 Å². The lowest BCUT2D eigenvalue weighted by Crippen LogP contribution is -2.54. The summed E-state index contributed by atoms with van der Waals surface area (Å²) >= 11 is 0. The van der Waals surface area contributed by atoms with Crippen molar-refractivity contribution in [2.75, 3.05) is 13.6 Å². The lowest BCUT2D eigenvalue weighted by molar-refractivity contribution is 0.156. The minimum absolute atomic E-state index is 0.0528. The maximum absolute atomic E-state index is 12.2. The zero-order chi connectivity index (χ0) is 13.7. The highest BCUT2D eigenvalue weighted by molar-refractivity contribution is 5.75. The Morgan fingerprint density at radius 2 is 2.00 bits per heavy atom. The van der Waals surface area contributed by atoms with Crippen molar-refractivity contribution in [3.63, 3.8) is 0 Å². The molecule has 1 aromatic rings. The number of urea groups is 1. The zero-order valence-corrected chi connectivity index (χ0v) is 12.0. The Kier molecular flexibility index (Phi) is 4.46. The highest BCUT2D eigenvalue weighted by Gasteiger charge is 2.40. The van der Waals surface area contributed by atoms with E-state index in [0.717, 1.165) is 32.2 Å². The van der Waals surface area contributed by atoms with Crippen LogP contribution in [-0.2, 0) is 5.54 Å². The zero-order valence-electron chi connectivity index (χ0n) is 12.0. The molecule has 1 saturated carbocycles. The van der Waals surface area contributed by atoms with Gasteiger partial charge >= 0.3 is 6.03 Å². The molecule has 0 heterocycles. The van der Waals surface area contributed by atoms with Gasteiger partial charge in [-0.3, -0.25) is 0 Å². The first-order valence-electron chi connectivity index (χ1n) is 7.27. The van der Waals surface area contributed by atoms with E-state index >= 15 is 0 Å². The standard InChI is InChI=1S/C16H24N2O/c1-3-4-13-18(2)15(19)17-16(11-8-12-16)14-9-6-5-7-10-14/h5-7,9-10H,3-4,8,11-13H2,1-2H3,(H,17,19). The Labute approximate surface area is 116 Å². The van der Waals surface area contributed by atoms with Crippen LogP contribution in [0.25, 0.3) is 0 Å². The summed E-state index contributed by atoms with van der Waals surface area (Å²) in [5.74, 6) is 0. The molecule has 0 spiro atoms. The molecule has 1 aromatic carbocycles. The first kappa shape index (κ1) is 13.9. The maximum atomic E-state index is 12.2. The van der Waals surface area contributed by atoms with Gasteiger partial charge in [0.1, 0.15) is 0 Å². The molecule has 0 unspecified atom stereocenters. The van der Waals surface area contributed by atoms with Crippen LogP contribution in [0.2, 0.25) is 0 Å². The molecule has 0 aliphatic heterocycles. The average molecular weight is 260 g/mol. The summed E-state index contributed by atoms with van der Waals surface area (Å²) in [6.07, 6.45) is 5.45. The van der Waals surface area contributed by atoms with Gasteiger partial charge in [-0.2, -0.15) is 0 Å². The third-order valence-electron chi connectivity index (χ3n) is 4.07. The van der Waals surface area contributed by atoms with Crippen molar-refractivity contribution >= 4 is 6.03 Å². The van der Waals surface area contributed by atoms with E-state index in [9.17, 15) is 4.79 Å². The molecule has 1 fully saturated rings. The predicted molar refractivity (Wildman–Crippen MR) is 78.0 cm³/mol. The Hall–Kier alpha value is -1.51. The molecule has 19 heavy (non-hydrogen) atoms. The summed E-state index contributed by atoms with van der Waals surface area (Å²) in [5, 5.41) is 3.24. The Bertz CT molecular complexity index is 412. The summed E-state index contributed by atoms with van der Waals surface area (Å²) in [6, 6.07) is 10.4. The number of unbranched alkanes of at least 4 members (excludes halogenated alkanes) is 1. The maximum Gasteiger partial charge on any atom is 0.317 e. The van der Waals surface area contributed by atoms with Gasteiger partial charge in [-0.05, 0) is 31.2 Å². The molecule has 0 aromatic heterocycles. The van der Waals surface area contributed by atoms with Crippen LogP contribution in [0.4, 0.5) is 4.79 Å². The number of hydrogen-bond acceptors (Lipinski definition) is 1. The van der Waals surface area contributed by atoms with Gasteiger partial charge in [-0.25, -0.2) is 4.79 Å². The molecule has 0 radical (unpaired) electrons. The number of benzene rings is 1. The number of nitrogens with one attached hydrogen (secondary N) is 1. The van der Waals surface area contributed by atoms with Gasteiger partial charge in [-0.1, -0.05) is 43.7 Å². The molecule has 3 nitrogen and oxygen atoms in total. The number of amides is 2. The van der Waals surface area contributed by atoms with E-state index in [2.05, 4.69) is 24.4 Å². The van der Waals surface area contributed by atoms with E-state index in [1.807, 2.05) is 25.2 Å². The van der Waals surface area contributed by atoms with Crippen molar-refractivity contribution in [2.24, 2.45) is 0 Å². The lowest BCUT2D eigenvalue weighted by atomic mass is 9.72. The number of carbonyl (C=O) groups excluding carboxylic acids is 1. The van der Waals surface area contributed by atoms with Crippen LogP contribution < -0.4 is 5.32 Å². The number of rotatable bonds is 5. The van der Waals surface area contributed by atoms with Gasteiger partial charge in [0, 0.05) is 13.6 Å². The van der Waals surface area contributed by atoms with Gasteiger partial charge in [0.25, 0.3) is 0 Å². The Morgan fingerprint density at radius 3 is 2.53 bits per heavy atom. The van der Waals surface area contributed by atoms with Crippen molar-refractivity contribution < 1.29 is 4.79 Å². The van der Waals surface area contributed by atoms with Crippen LogP contribution in [0.3, 0.4) is 0 Å².